The smallest absolute Gasteiger partial charge is 0.161 e. The van der Waals surface area contributed by atoms with Gasteiger partial charge in [0.2, 0.25) is 0 Å². The summed E-state index contributed by atoms with van der Waals surface area (Å²) in [5.74, 6) is 6.22. The third-order valence-corrected chi connectivity index (χ3v) is 4.10. The summed E-state index contributed by atoms with van der Waals surface area (Å²) in [4.78, 5) is 9.70. The van der Waals surface area contributed by atoms with Crippen molar-refractivity contribution in [2.75, 3.05) is 10.7 Å². The average molecular weight is 318 g/mol. The summed E-state index contributed by atoms with van der Waals surface area (Å²) in [5.41, 5.74) is 2.43. The van der Waals surface area contributed by atoms with Gasteiger partial charge in [-0.3, -0.25) is 0 Å². The van der Waals surface area contributed by atoms with Crippen LogP contribution in [-0.4, -0.2) is 9.97 Å². The fourth-order valence-corrected chi connectivity index (χ4v) is 2.75. The number of halogens is 2. The third kappa shape index (κ3) is 3.27. The minimum absolute atomic E-state index is 0.00417. The molecular formula is C11H13Cl2N5S. The Morgan fingerprint density at radius 3 is 2.58 bits per heavy atom. The monoisotopic (exact) mass is 317 g/mol. The SMILES string of the molecule is Cc1cnc(C(C)Nc2nc(NN)c(Cl)cc2Cl)s1. The second kappa shape index (κ2) is 5.92. The van der Waals surface area contributed by atoms with E-state index in [1.54, 1.807) is 17.4 Å². The molecule has 1 unspecified atom stereocenters. The molecule has 5 nitrogen and oxygen atoms in total. The number of anilines is 2. The number of nitrogens with two attached hydrogens (primary N) is 1. The zero-order valence-corrected chi connectivity index (χ0v) is 12.7. The maximum atomic E-state index is 6.10. The molecule has 0 fully saturated rings. The molecule has 2 heterocycles. The number of thiazole rings is 1. The summed E-state index contributed by atoms with van der Waals surface area (Å²) < 4.78 is 0. The van der Waals surface area contributed by atoms with Crippen molar-refractivity contribution in [1.82, 2.24) is 9.97 Å². The summed E-state index contributed by atoms with van der Waals surface area (Å²) in [5, 5.41) is 4.96. The van der Waals surface area contributed by atoms with Gasteiger partial charge >= 0.3 is 0 Å². The van der Waals surface area contributed by atoms with Gasteiger partial charge in [0.1, 0.15) is 10.8 Å². The highest BCUT2D eigenvalue weighted by atomic mass is 35.5. The quantitative estimate of drug-likeness (QED) is 0.593. The fraction of sp³-hybridized carbons (Fsp3) is 0.273. The van der Waals surface area contributed by atoms with Gasteiger partial charge in [0, 0.05) is 11.1 Å². The Hall–Kier alpha value is -1.08. The van der Waals surface area contributed by atoms with Crippen LogP contribution in [0.15, 0.2) is 12.3 Å². The molecule has 1 atom stereocenters. The lowest BCUT2D eigenvalue weighted by Crippen LogP contribution is -2.12. The number of hydrazine groups is 1. The van der Waals surface area contributed by atoms with Crippen LogP contribution in [0.4, 0.5) is 11.6 Å². The lowest BCUT2D eigenvalue weighted by Gasteiger charge is -2.14. The van der Waals surface area contributed by atoms with Gasteiger partial charge < -0.3 is 10.7 Å². The van der Waals surface area contributed by atoms with Crippen molar-refractivity contribution < 1.29 is 0 Å². The first-order valence-corrected chi connectivity index (χ1v) is 7.10. The van der Waals surface area contributed by atoms with Crippen molar-refractivity contribution in [3.8, 4) is 0 Å². The summed E-state index contributed by atoms with van der Waals surface area (Å²) in [6, 6.07) is 1.59. The molecule has 0 bridgehead atoms. The summed E-state index contributed by atoms with van der Waals surface area (Å²) in [6.45, 7) is 4.00. The van der Waals surface area contributed by atoms with Gasteiger partial charge in [0.15, 0.2) is 5.82 Å². The molecule has 0 amide bonds. The van der Waals surface area contributed by atoms with E-state index in [2.05, 4.69) is 20.7 Å². The molecule has 0 aliphatic rings. The first-order chi connectivity index (χ1) is 9.01. The molecule has 8 heteroatoms. The molecule has 2 rings (SSSR count). The summed E-state index contributed by atoms with van der Waals surface area (Å²) in [7, 11) is 0. The van der Waals surface area contributed by atoms with E-state index in [4.69, 9.17) is 29.0 Å². The predicted octanol–water partition coefficient (Wildman–Crippen LogP) is 3.61. The molecule has 0 saturated carbocycles. The lowest BCUT2D eigenvalue weighted by molar-refractivity contribution is 0.861. The minimum Gasteiger partial charge on any atom is -0.360 e. The van der Waals surface area contributed by atoms with E-state index in [1.807, 2.05) is 20.0 Å². The van der Waals surface area contributed by atoms with Crippen LogP contribution in [0.25, 0.3) is 0 Å². The van der Waals surface area contributed by atoms with Crippen LogP contribution < -0.4 is 16.6 Å². The standard InChI is InChI=1S/C11H13Cl2N5S/c1-5-4-15-11(19-5)6(2)16-9-7(12)3-8(13)10(17-9)18-14/h3-4,6H,14H2,1-2H3,(H2,16,17,18). The highest BCUT2D eigenvalue weighted by molar-refractivity contribution is 7.11. The first-order valence-electron chi connectivity index (χ1n) is 5.52. The molecular weight excluding hydrogens is 305 g/mol. The zero-order chi connectivity index (χ0) is 14.0. The van der Waals surface area contributed by atoms with E-state index in [0.717, 1.165) is 9.88 Å². The number of nitrogen functional groups attached to an aromatic ring is 1. The van der Waals surface area contributed by atoms with Gasteiger partial charge in [-0.05, 0) is 19.9 Å². The van der Waals surface area contributed by atoms with E-state index in [-0.39, 0.29) is 6.04 Å². The van der Waals surface area contributed by atoms with Gasteiger partial charge in [0.05, 0.1) is 16.1 Å². The average Bonchev–Trinajstić information content (AvgIpc) is 2.79. The van der Waals surface area contributed by atoms with Gasteiger partial charge in [-0.15, -0.1) is 11.3 Å². The van der Waals surface area contributed by atoms with Gasteiger partial charge in [-0.1, -0.05) is 23.2 Å². The summed E-state index contributed by atoms with van der Waals surface area (Å²) in [6.07, 6.45) is 1.84. The zero-order valence-electron chi connectivity index (χ0n) is 10.4. The third-order valence-electron chi connectivity index (χ3n) is 2.43. The largest absolute Gasteiger partial charge is 0.360 e. The minimum atomic E-state index is -0.00417. The normalized spacial score (nSPS) is 12.3. The molecule has 0 aliphatic heterocycles. The Kier molecular flexibility index (Phi) is 4.46. The first kappa shape index (κ1) is 14.3. The van der Waals surface area contributed by atoms with E-state index in [1.165, 1.54) is 0 Å². The fourth-order valence-electron chi connectivity index (χ4n) is 1.51. The number of aromatic nitrogens is 2. The number of aryl methyl sites for hydroxylation is 1. The van der Waals surface area contributed by atoms with Gasteiger partial charge in [0.25, 0.3) is 0 Å². The van der Waals surface area contributed by atoms with Crippen LogP contribution in [0.1, 0.15) is 22.9 Å². The Bertz CT molecular complexity index is 586. The van der Waals surface area contributed by atoms with Crippen LogP contribution >= 0.6 is 34.5 Å². The van der Waals surface area contributed by atoms with E-state index in [9.17, 15) is 0 Å². The molecule has 2 aromatic heterocycles. The highest BCUT2D eigenvalue weighted by Crippen LogP contribution is 2.31. The number of nitrogens with one attached hydrogen (secondary N) is 2. The molecule has 0 aliphatic carbocycles. The molecule has 19 heavy (non-hydrogen) atoms. The van der Waals surface area contributed by atoms with Crippen LogP contribution in [-0.2, 0) is 0 Å². The lowest BCUT2D eigenvalue weighted by atomic mass is 10.3. The van der Waals surface area contributed by atoms with Crippen molar-refractivity contribution in [2.24, 2.45) is 5.84 Å². The predicted molar refractivity (Wildman–Crippen MR) is 81.0 cm³/mol. The topological polar surface area (TPSA) is 75.9 Å². The molecule has 0 saturated heterocycles. The van der Waals surface area contributed by atoms with E-state index in [0.29, 0.717) is 21.7 Å². The van der Waals surface area contributed by atoms with Crippen molar-refractivity contribution in [3.05, 3.63) is 32.2 Å². The van der Waals surface area contributed by atoms with Gasteiger partial charge in [-0.2, -0.15) is 0 Å². The van der Waals surface area contributed by atoms with Crippen LogP contribution in [0.3, 0.4) is 0 Å². The number of hydrogen-bond donors (Lipinski definition) is 3. The number of rotatable bonds is 4. The Balaban J connectivity index is 2.23. The van der Waals surface area contributed by atoms with Crippen molar-refractivity contribution in [1.29, 1.82) is 0 Å². The molecule has 2 aromatic rings. The molecule has 4 N–H and O–H groups in total. The molecule has 0 radical (unpaired) electrons. The second-order valence-corrected chi connectivity index (χ2v) is 6.05. The van der Waals surface area contributed by atoms with Crippen LogP contribution in [0.5, 0.6) is 0 Å². The maximum Gasteiger partial charge on any atom is 0.161 e. The molecule has 102 valence electrons. The van der Waals surface area contributed by atoms with Crippen molar-refractivity contribution in [3.63, 3.8) is 0 Å². The molecule has 0 spiro atoms. The number of hydrogen-bond acceptors (Lipinski definition) is 6. The Morgan fingerprint density at radius 2 is 2.00 bits per heavy atom. The number of pyridine rings is 1. The second-order valence-electron chi connectivity index (χ2n) is 3.97. The highest BCUT2D eigenvalue weighted by Gasteiger charge is 2.14. The maximum absolute atomic E-state index is 6.10. The van der Waals surface area contributed by atoms with E-state index >= 15 is 0 Å². The Morgan fingerprint density at radius 1 is 1.32 bits per heavy atom. The van der Waals surface area contributed by atoms with Gasteiger partial charge in [-0.25, -0.2) is 15.8 Å². The van der Waals surface area contributed by atoms with Crippen LogP contribution in [0.2, 0.25) is 10.0 Å². The van der Waals surface area contributed by atoms with Crippen molar-refractivity contribution in [2.45, 2.75) is 19.9 Å². The Labute approximate surface area is 125 Å². The van der Waals surface area contributed by atoms with Crippen molar-refractivity contribution >= 4 is 46.2 Å². The molecule has 0 aromatic carbocycles. The summed E-state index contributed by atoms with van der Waals surface area (Å²) >= 11 is 13.7. The number of nitrogens with zero attached hydrogens (tertiary/aromatic N) is 2. The van der Waals surface area contributed by atoms with E-state index < -0.39 is 0 Å². The van der Waals surface area contributed by atoms with Crippen LogP contribution in [0, 0.1) is 6.92 Å².